The molecule has 0 aliphatic heterocycles. The first-order chi connectivity index (χ1) is 17.5. The van der Waals surface area contributed by atoms with Gasteiger partial charge in [0, 0.05) is 27.1 Å². The van der Waals surface area contributed by atoms with E-state index in [-0.39, 0.29) is 23.3 Å². The van der Waals surface area contributed by atoms with Gasteiger partial charge in [-0.05, 0) is 54.8 Å². The molecule has 2 heterocycles. The molecule has 4 rings (SSSR count). The summed E-state index contributed by atoms with van der Waals surface area (Å²) in [6, 6.07) is 21.2. The fourth-order valence-electron chi connectivity index (χ4n) is 3.07. The molecule has 3 N–H and O–H groups in total. The van der Waals surface area contributed by atoms with Crippen molar-refractivity contribution >= 4 is 58.4 Å². The summed E-state index contributed by atoms with van der Waals surface area (Å²) in [4.78, 5) is 39.6. The number of hydrogen-bond donors (Lipinski definition) is 3. The Balaban J connectivity index is 1.41. The molecule has 4 aromatic rings. The van der Waals surface area contributed by atoms with Crippen molar-refractivity contribution < 1.29 is 18.9 Å². The van der Waals surface area contributed by atoms with Gasteiger partial charge in [-0.15, -0.1) is 23.1 Å². The van der Waals surface area contributed by atoms with E-state index in [0.717, 1.165) is 9.77 Å². The molecule has 0 saturated heterocycles. The summed E-state index contributed by atoms with van der Waals surface area (Å²) < 4.78 is 4.94. The van der Waals surface area contributed by atoms with Crippen molar-refractivity contribution in [1.29, 1.82) is 0 Å². The van der Waals surface area contributed by atoms with Crippen molar-refractivity contribution in [3.63, 3.8) is 0 Å². The first-order valence-corrected chi connectivity index (χ1v) is 12.7. The molecule has 0 aliphatic rings. The predicted molar refractivity (Wildman–Crippen MR) is 142 cm³/mol. The summed E-state index contributed by atoms with van der Waals surface area (Å²) in [7, 11) is 0. The van der Waals surface area contributed by atoms with Crippen LogP contribution in [-0.4, -0.2) is 28.6 Å². The number of aromatic nitrogens is 1. The Hall–Kier alpha value is -4.15. The minimum atomic E-state index is -0.464. The maximum absolute atomic E-state index is 13.1. The maximum Gasteiger partial charge on any atom is 0.272 e. The zero-order valence-corrected chi connectivity index (χ0v) is 20.8. The number of hydrogen-bond acceptors (Lipinski definition) is 7. The molecule has 0 bridgehead atoms. The van der Waals surface area contributed by atoms with Crippen LogP contribution in [-0.2, 0) is 9.59 Å². The molecule has 0 unspecified atom stereocenters. The topological polar surface area (TPSA) is 113 Å². The fraction of sp³-hybridized carbons (Fsp3) is 0.0769. The van der Waals surface area contributed by atoms with Crippen molar-refractivity contribution in [3.8, 4) is 0 Å². The first kappa shape index (κ1) is 25.0. The smallest absolute Gasteiger partial charge is 0.272 e. The van der Waals surface area contributed by atoms with Gasteiger partial charge in [-0.2, -0.15) is 0 Å². The summed E-state index contributed by atoms with van der Waals surface area (Å²) in [5.74, 6) is 0.0447. The number of thiophene rings is 1. The van der Waals surface area contributed by atoms with Crippen LogP contribution in [0.15, 0.2) is 93.3 Å². The Morgan fingerprint density at radius 3 is 2.56 bits per heavy atom. The largest absolute Gasteiger partial charge is 0.360 e. The van der Waals surface area contributed by atoms with Crippen LogP contribution in [0.5, 0.6) is 0 Å². The Labute approximate surface area is 215 Å². The van der Waals surface area contributed by atoms with Crippen molar-refractivity contribution in [2.75, 3.05) is 16.4 Å². The summed E-state index contributed by atoms with van der Waals surface area (Å²) in [5, 5.41) is 13.8. The van der Waals surface area contributed by atoms with E-state index in [1.165, 1.54) is 23.1 Å². The molecular formula is C26H22N4O4S2. The van der Waals surface area contributed by atoms with Crippen LogP contribution in [0.4, 0.5) is 11.5 Å². The zero-order chi connectivity index (χ0) is 25.3. The van der Waals surface area contributed by atoms with Crippen LogP contribution >= 0.6 is 23.1 Å². The Kier molecular flexibility index (Phi) is 8.32. The van der Waals surface area contributed by atoms with Gasteiger partial charge in [0.1, 0.15) is 11.5 Å². The number of aryl methyl sites for hydroxylation is 1. The lowest BCUT2D eigenvalue weighted by Gasteiger charge is -2.12. The SMILES string of the molecule is Cc1cc(NC(=O)CSc2cccc(NC(=O)/C(=C/c3cccs3)NC(=O)c3ccccc3)c2)no1. The standard InChI is InChI=1S/C26H22N4O4S2/c1-17-13-23(30-34-17)29-24(31)16-36-20-10-5-9-19(14-20)27-26(33)22(15-21-11-6-12-35-21)28-25(32)18-7-3-2-4-8-18/h2-15H,16H2,1H3,(H,27,33)(H,28,32)(H,29,30,31)/b22-15-. The molecule has 0 spiro atoms. The number of carbonyl (C=O) groups is 3. The van der Waals surface area contributed by atoms with Crippen LogP contribution < -0.4 is 16.0 Å². The zero-order valence-electron chi connectivity index (χ0n) is 19.2. The van der Waals surface area contributed by atoms with Crippen molar-refractivity contribution in [3.05, 3.63) is 100 Å². The second-order valence-corrected chi connectivity index (χ2v) is 9.56. The Bertz CT molecular complexity index is 1380. The van der Waals surface area contributed by atoms with E-state index in [2.05, 4.69) is 21.1 Å². The minimum Gasteiger partial charge on any atom is -0.360 e. The van der Waals surface area contributed by atoms with E-state index in [9.17, 15) is 14.4 Å². The average molecular weight is 519 g/mol. The lowest BCUT2D eigenvalue weighted by molar-refractivity contribution is -0.114. The first-order valence-electron chi connectivity index (χ1n) is 10.9. The third-order valence-electron chi connectivity index (χ3n) is 4.72. The van der Waals surface area contributed by atoms with Gasteiger partial charge in [-0.1, -0.05) is 35.5 Å². The highest BCUT2D eigenvalue weighted by molar-refractivity contribution is 8.00. The van der Waals surface area contributed by atoms with Gasteiger partial charge in [-0.3, -0.25) is 14.4 Å². The third-order valence-corrected chi connectivity index (χ3v) is 6.53. The molecule has 3 amide bonds. The molecule has 36 heavy (non-hydrogen) atoms. The Morgan fingerprint density at radius 1 is 1.00 bits per heavy atom. The van der Waals surface area contributed by atoms with Gasteiger partial charge in [-0.25, -0.2) is 0 Å². The normalized spacial score (nSPS) is 11.1. The third kappa shape index (κ3) is 7.17. The van der Waals surface area contributed by atoms with E-state index >= 15 is 0 Å². The highest BCUT2D eigenvalue weighted by Crippen LogP contribution is 2.23. The molecule has 2 aromatic heterocycles. The van der Waals surface area contributed by atoms with Crippen molar-refractivity contribution in [1.82, 2.24) is 10.5 Å². The summed E-state index contributed by atoms with van der Waals surface area (Å²) in [6.07, 6.45) is 1.63. The van der Waals surface area contributed by atoms with Gasteiger partial charge >= 0.3 is 0 Å². The lowest BCUT2D eigenvalue weighted by atomic mass is 10.2. The number of anilines is 2. The number of amides is 3. The molecular weight excluding hydrogens is 496 g/mol. The fourth-order valence-corrected chi connectivity index (χ4v) is 4.49. The molecule has 0 atom stereocenters. The minimum absolute atomic E-state index is 0.117. The van der Waals surface area contributed by atoms with Gasteiger partial charge in [0.15, 0.2) is 5.82 Å². The van der Waals surface area contributed by atoms with E-state index in [1.54, 1.807) is 61.5 Å². The van der Waals surface area contributed by atoms with E-state index in [0.29, 0.717) is 22.8 Å². The second kappa shape index (κ2) is 12.0. The van der Waals surface area contributed by atoms with Crippen LogP contribution in [0.1, 0.15) is 21.0 Å². The molecule has 8 nitrogen and oxygen atoms in total. The molecule has 0 saturated carbocycles. The average Bonchev–Trinajstić information content (AvgIpc) is 3.54. The van der Waals surface area contributed by atoms with Crippen molar-refractivity contribution in [2.24, 2.45) is 0 Å². The molecule has 0 aliphatic carbocycles. The predicted octanol–water partition coefficient (Wildman–Crippen LogP) is 5.18. The number of carbonyl (C=O) groups excluding carboxylic acids is 3. The number of thioether (sulfide) groups is 1. The van der Waals surface area contributed by atoms with E-state index < -0.39 is 5.91 Å². The number of nitrogens with one attached hydrogen (secondary N) is 3. The maximum atomic E-state index is 13.1. The lowest BCUT2D eigenvalue weighted by Crippen LogP contribution is -2.30. The monoisotopic (exact) mass is 518 g/mol. The number of benzene rings is 2. The quantitative estimate of drug-likeness (QED) is 0.208. The van der Waals surface area contributed by atoms with Gasteiger partial charge < -0.3 is 20.5 Å². The highest BCUT2D eigenvalue weighted by Gasteiger charge is 2.16. The van der Waals surface area contributed by atoms with Gasteiger partial charge in [0.25, 0.3) is 11.8 Å². The Morgan fingerprint density at radius 2 is 1.83 bits per heavy atom. The molecule has 10 heteroatoms. The number of rotatable bonds is 9. The van der Waals surface area contributed by atoms with E-state index in [1.807, 2.05) is 29.6 Å². The molecule has 2 aromatic carbocycles. The second-order valence-electron chi connectivity index (χ2n) is 7.54. The van der Waals surface area contributed by atoms with Crippen LogP contribution in [0.3, 0.4) is 0 Å². The summed E-state index contributed by atoms with van der Waals surface area (Å²) in [5.41, 5.74) is 1.09. The molecule has 182 valence electrons. The molecule has 0 radical (unpaired) electrons. The summed E-state index contributed by atoms with van der Waals surface area (Å²) >= 11 is 2.76. The van der Waals surface area contributed by atoms with E-state index in [4.69, 9.17) is 4.52 Å². The summed E-state index contributed by atoms with van der Waals surface area (Å²) in [6.45, 7) is 1.74. The van der Waals surface area contributed by atoms with Crippen LogP contribution in [0.2, 0.25) is 0 Å². The van der Waals surface area contributed by atoms with Crippen molar-refractivity contribution in [2.45, 2.75) is 11.8 Å². The van der Waals surface area contributed by atoms with Gasteiger partial charge in [0.2, 0.25) is 5.91 Å². The molecule has 0 fully saturated rings. The van der Waals surface area contributed by atoms with Gasteiger partial charge in [0.05, 0.1) is 5.75 Å². The van der Waals surface area contributed by atoms with Crippen LogP contribution in [0, 0.1) is 6.92 Å². The number of nitrogens with zero attached hydrogens (tertiary/aromatic N) is 1. The van der Waals surface area contributed by atoms with Crippen LogP contribution in [0.25, 0.3) is 6.08 Å². The highest BCUT2D eigenvalue weighted by atomic mass is 32.2.